The third-order valence-corrected chi connectivity index (χ3v) is 9.66. The third-order valence-electron chi connectivity index (χ3n) is 9.66. The number of nitrogens with zero attached hydrogens (tertiary/aromatic N) is 3. The summed E-state index contributed by atoms with van der Waals surface area (Å²) in [5.74, 6) is 1.21. The van der Waals surface area contributed by atoms with Crippen LogP contribution in [-0.4, -0.2) is 101 Å². The summed E-state index contributed by atoms with van der Waals surface area (Å²) in [4.78, 5) is 23.8. The fourth-order valence-corrected chi connectivity index (χ4v) is 5.79. The monoisotopic (exact) mass is 788 g/mol. The second-order valence-corrected chi connectivity index (χ2v) is 16.9. The Hall–Kier alpha value is -1.87. The Kier molecular flexibility index (Phi) is 28.1. The van der Waals surface area contributed by atoms with E-state index >= 15 is 0 Å². The van der Waals surface area contributed by atoms with E-state index in [1.807, 2.05) is 27.7 Å². The molecule has 0 spiro atoms. The number of halogens is 3. The molecule has 2 N–H and O–H groups in total. The van der Waals surface area contributed by atoms with E-state index in [-0.39, 0.29) is 60.9 Å². The molecule has 0 aliphatic rings. The molecule has 2 aromatic rings. The minimum absolute atomic E-state index is 0. The molecular weight excluding hydrogens is 713 g/mol. The van der Waals surface area contributed by atoms with Crippen molar-refractivity contribution in [2.75, 3.05) is 75.5 Å². The van der Waals surface area contributed by atoms with Gasteiger partial charge in [0, 0.05) is 54.5 Å². The summed E-state index contributed by atoms with van der Waals surface area (Å²) in [5.41, 5.74) is 5.57. The molecule has 7 nitrogen and oxygen atoms in total. The van der Waals surface area contributed by atoms with Crippen molar-refractivity contribution >= 4 is 11.8 Å². The maximum Gasteiger partial charge on any atom is 0.222 e. The lowest BCUT2D eigenvalue weighted by Gasteiger charge is -2.31. The van der Waals surface area contributed by atoms with Crippen LogP contribution in [0.1, 0.15) is 102 Å². The van der Waals surface area contributed by atoms with Crippen molar-refractivity contribution in [3.8, 4) is 0 Å². The van der Waals surface area contributed by atoms with Crippen LogP contribution in [0.5, 0.6) is 0 Å². The maximum atomic E-state index is 11.9. The number of carbonyl (C=O) groups excluding carboxylic acids is 2. The van der Waals surface area contributed by atoms with E-state index in [2.05, 4.69) is 122 Å². The van der Waals surface area contributed by atoms with Crippen molar-refractivity contribution in [3.05, 3.63) is 70.8 Å². The van der Waals surface area contributed by atoms with E-state index in [0.717, 1.165) is 84.9 Å². The number of rotatable bonds is 20. The van der Waals surface area contributed by atoms with Crippen LogP contribution in [0.4, 0.5) is 0 Å². The Labute approximate surface area is 338 Å². The van der Waals surface area contributed by atoms with Gasteiger partial charge in [-0.3, -0.25) is 9.59 Å². The van der Waals surface area contributed by atoms with Gasteiger partial charge in [0.15, 0.2) is 0 Å². The first-order valence-corrected chi connectivity index (χ1v) is 19.0. The van der Waals surface area contributed by atoms with E-state index in [0.29, 0.717) is 5.92 Å². The SMILES string of the molecule is CCC(C)C(=O)NCCC[N+](C)(C)Cc1ccc(C[N+](C)(C)CCCNC(=O)C(C)CC)cc1.CCC(C)c1ccc(C[N+](C)(C)C)cc1.[Cl-].[Cl-].[Cl-]. The van der Waals surface area contributed by atoms with Crippen molar-refractivity contribution in [2.24, 2.45) is 11.8 Å². The average Bonchev–Trinajstić information content (AvgIpc) is 3.04. The lowest BCUT2D eigenvalue weighted by molar-refractivity contribution is -0.904. The summed E-state index contributed by atoms with van der Waals surface area (Å²) in [6.07, 6.45) is 4.95. The van der Waals surface area contributed by atoms with Gasteiger partial charge in [0.2, 0.25) is 11.8 Å². The fraction of sp³-hybridized carbons (Fsp3) is 0.667. The molecule has 0 aliphatic carbocycles. The molecule has 0 radical (unpaired) electrons. The highest BCUT2D eigenvalue weighted by molar-refractivity contribution is 5.78. The quantitative estimate of drug-likeness (QED) is 0.125. The van der Waals surface area contributed by atoms with Crippen LogP contribution in [0.3, 0.4) is 0 Å². The average molecular weight is 789 g/mol. The molecule has 3 unspecified atom stereocenters. The number of benzene rings is 2. The molecular formula is C42H76Cl3N5O2. The van der Waals surface area contributed by atoms with Crippen molar-refractivity contribution in [1.29, 1.82) is 0 Å². The van der Waals surface area contributed by atoms with Gasteiger partial charge in [0.05, 0.1) is 62.4 Å². The Morgan fingerprint density at radius 1 is 0.538 bits per heavy atom. The molecule has 10 heteroatoms. The van der Waals surface area contributed by atoms with Gasteiger partial charge >= 0.3 is 0 Å². The zero-order chi connectivity index (χ0) is 37.3. The van der Waals surface area contributed by atoms with Crippen molar-refractivity contribution in [1.82, 2.24) is 10.6 Å². The number of amides is 2. The summed E-state index contributed by atoms with van der Waals surface area (Å²) < 4.78 is 2.80. The first-order valence-electron chi connectivity index (χ1n) is 19.0. The number of hydrogen-bond donors (Lipinski definition) is 2. The number of hydrogen-bond acceptors (Lipinski definition) is 2. The molecule has 2 amide bonds. The highest BCUT2D eigenvalue weighted by Crippen LogP contribution is 2.20. The summed E-state index contributed by atoms with van der Waals surface area (Å²) in [7, 11) is 15.7. The number of carbonyl (C=O) groups is 2. The van der Waals surface area contributed by atoms with Crippen LogP contribution in [0.15, 0.2) is 48.5 Å². The Morgan fingerprint density at radius 2 is 0.865 bits per heavy atom. The molecule has 3 atom stereocenters. The predicted molar refractivity (Wildman–Crippen MR) is 209 cm³/mol. The Morgan fingerprint density at radius 3 is 1.17 bits per heavy atom. The summed E-state index contributed by atoms with van der Waals surface area (Å²) in [5, 5.41) is 6.12. The first kappa shape index (κ1) is 54.5. The normalized spacial score (nSPS) is 13.1. The molecule has 2 aromatic carbocycles. The minimum atomic E-state index is 0. The van der Waals surface area contributed by atoms with Crippen LogP contribution in [0.25, 0.3) is 0 Å². The first-order chi connectivity index (χ1) is 22.8. The summed E-state index contributed by atoms with van der Waals surface area (Å²) in [6, 6.07) is 18.1. The van der Waals surface area contributed by atoms with Crippen molar-refractivity contribution < 1.29 is 60.3 Å². The van der Waals surface area contributed by atoms with Gasteiger partial charge in [-0.05, 0) is 30.7 Å². The number of nitrogens with one attached hydrogen (secondary N) is 2. The van der Waals surface area contributed by atoms with Crippen LogP contribution < -0.4 is 47.9 Å². The van der Waals surface area contributed by atoms with Crippen molar-refractivity contribution in [3.63, 3.8) is 0 Å². The fourth-order valence-electron chi connectivity index (χ4n) is 5.79. The van der Waals surface area contributed by atoms with E-state index in [1.165, 1.54) is 28.7 Å². The van der Waals surface area contributed by atoms with E-state index in [1.54, 1.807) is 0 Å². The highest BCUT2D eigenvalue weighted by atomic mass is 35.5. The molecule has 0 fully saturated rings. The summed E-state index contributed by atoms with van der Waals surface area (Å²) in [6.45, 7) is 19.2. The molecule has 302 valence electrons. The standard InChI is InChI=1S/C28H50N4O2.C14H24N.3ClH/c1-9-23(3)27(33)29-17-11-19-31(5,6)21-25-13-15-26(16-14-25)22-32(7,8)20-12-18-30-28(34)24(4)10-2;1-6-12(2)14-9-7-13(8-10-14)11-15(3,4)5;;;/h13-16,23-24H,9-12,17-22H2,1-8H3;7-10,12H,6,11H2,1-5H3;3*1H/q;+1;;;/p-1. The molecule has 0 aromatic heterocycles. The zero-order valence-electron chi connectivity index (χ0n) is 35.1. The molecule has 0 saturated heterocycles. The molecule has 0 heterocycles. The van der Waals surface area contributed by atoms with Crippen LogP contribution >= 0.6 is 0 Å². The van der Waals surface area contributed by atoms with E-state index in [4.69, 9.17) is 0 Å². The zero-order valence-corrected chi connectivity index (χ0v) is 37.4. The van der Waals surface area contributed by atoms with Crippen LogP contribution in [-0.2, 0) is 29.2 Å². The third kappa shape index (κ3) is 23.7. The van der Waals surface area contributed by atoms with Gasteiger partial charge in [-0.1, -0.05) is 90.1 Å². The maximum absolute atomic E-state index is 11.9. The largest absolute Gasteiger partial charge is 1.00 e. The molecule has 52 heavy (non-hydrogen) atoms. The molecule has 0 aliphatic heterocycles. The van der Waals surface area contributed by atoms with Crippen LogP contribution in [0, 0.1) is 11.8 Å². The molecule has 0 bridgehead atoms. The topological polar surface area (TPSA) is 58.2 Å². The van der Waals surface area contributed by atoms with Gasteiger partial charge in [-0.2, -0.15) is 0 Å². The predicted octanol–water partition coefficient (Wildman–Crippen LogP) is -1.64. The van der Waals surface area contributed by atoms with Gasteiger partial charge < -0.3 is 61.3 Å². The Balaban J connectivity index is -0.00000112. The van der Waals surface area contributed by atoms with Gasteiger partial charge in [0.25, 0.3) is 0 Å². The molecule has 0 saturated carbocycles. The number of quaternary nitrogens is 3. The van der Waals surface area contributed by atoms with Gasteiger partial charge in [-0.25, -0.2) is 0 Å². The second-order valence-electron chi connectivity index (χ2n) is 16.9. The van der Waals surface area contributed by atoms with Crippen molar-refractivity contribution in [2.45, 2.75) is 99.2 Å². The second kappa shape index (κ2) is 26.8. The lowest BCUT2D eigenvalue weighted by Crippen LogP contribution is -3.00. The Bertz CT molecular complexity index is 1170. The molecule has 2 rings (SSSR count). The van der Waals surface area contributed by atoms with E-state index in [9.17, 15) is 9.59 Å². The highest BCUT2D eigenvalue weighted by Gasteiger charge is 2.19. The summed E-state index contributed by atoms with van der Waals surface area (Å²) >= 11 is 0. The van der Waals surface area contributed by atoms with Gasteiger partial charge in [-0.15, -0.1) is 0 Å². The minimum Gasteiger partial charge on any atom is -1.00 e. The smallest absolute Gasteiger partial charge is 0.222 e. The van der Waals surface area contributed by atoms with Gasteiger partial charge in [0.1, 0.15) is 19.6 Å². The lowest BCUT2D eigenvalue weighted by atomic mass is 9.97. The van der Waals surface area contributed by atoms with E-state index < -0.39 is 0 Å². The van der Waals surface area contributed by atoms with Crippen LogP contribution in [0.2, 0.25) is 0 Å².